The van der Waals surface area contributed by atoms with Gasteiger partial charge in [0.25, 0.3) is 0 Å². The zero-order chi connectivity index (χ0) is 28.1. The molecule has 4 aromatic heterocycles. The predicted octanol–water partition coefficient (Wildman–Crippen LogP) is 1.37. The Morgan fingerprint density at radius 2 is 1.85 bits per heavy atom. The first-order valence-corrected chi connectivity index (χ1v) is 13.0. The van der Waals surface area contributed by atoms with E-state index >= 15 is 0 Å². The van der Waals surface area contributed by atoms with Crippen LogP contribution in [-0.2, 0) is 15.9 Å². The van der Waals surface area contributed by atoms with E-state index in [0.717, 1.165) is 17.8 Å². The molecule has 0 spiro atoms. The lowest BCUT2D eigenvalue weighted by molar-refractivity contribution is -0.251. The summed E-state index contributed by atoms with van der Waals surface area (Å²) in [5.74, 6) is 1.27. The number of ether oxygens (including phenoxy) is 2. The molecule has 4 aromatic rings. The Kier molecular flexibility index (Phi) is 6.64. The molecule has 0 radical (unpaired) electrons. The van der Waals surface area contributed by atoms with Crippen molar-refractivity contribution in [2.24, 2.45) is 5.92 Å². The molecule has 17 heteroatoms. The monoisotopic (exact) mass is 562 g/mol. The van der Waals surface area contributed by atoms with E-state index in [1.54, 1.807) is 24.8 Å². The zero-order valence-electron chi connectivity index (χ0n) is 22.2. The van der Waals surface area contributed by atoms with Gasteiger partial charge >= 0.3 is 6.18 Å². The lowest BCUT2D eigenvalue weighted by Crippen LogP contribution is -2.57. The highest BCUT2D eigenvalue weighted by Crippen LogP contribution is 2.34. The number of halogens is 3. The van der Waals surface area contributed by atoms with Crippen molar-refractivity contribution in [2.75, 3.05) is 42.6 Å². The van der Waals surface area contributed by atoms with Gasteiger partial charge in [0.2, 0.25) is 5.65 Å². The van der Waals surface area contributed by atoms with E-state index in [1.807, 2.05) is 12.1 Å². The van der Waals surface area contributed by atoms with Crippen LogP contribution in [0.1, 0.15) is 32.8 Å². The summed E-state index contributed by atoms with van der Waals surface area (Å²) >= 11 is 0. The van der Waals surface area contributed by atoms with Crippen molar-refractivity contribution in [3.05, 3.63) is 23.8 Å². The van der Waals surface area contributed by atoms with Crippen molar-refractivity contribution in [3.8, 4) is 0 Å². The van der Waals surface area contributed by atoms with Crippen LogP contribution in [0.3, 0.4) is 0 Å². The number of aromatic nitrogens is 10. The Morgan fingerprint density at radius 1 is 1.07 bits per heavy atom. The number of fused-ring (bicyclic) bond motifs is 2. The molecule has 214 valence electrons. The Bertz CT molecular complexity index is 1490. The second kappa shape index (κ2) is 10.0. The van der Waals surface area contributed by atoms with Gasteiger partial charge in [-0.25, -0.2) is 0 Å². The molecule has 6 rings (SSSR count). The standard InChI is InChI=1S/C23H29F3N12O2/c1-14(9-16-12-39-7-6-36(16)19-5-4-18-27-31-33-37(18)29-19)8-15-10-20(30-38-21(15)28-32-34-38)35-11-17(23(24,25)26)40-22(2,3)13-35/h4-5,10,14,16-17H,6-9,11-13H2,1-3H3. The molecular formula is C23H29F3N12O2. The highest BCUT2D eigenvalue weighted by molar-refractivity contribution is 5.53. The topological polar surface area (TPSA) is 137 Å². The molecule has 0 aromatic carbocycles. The van der Waals surface area contributed by atoms with E-state index in [-0.39, 0.29) is 25.0 Å². The zero-order valence-corrected chi connectivity index (χ0v) is 22.2. The predicted molar refractivity (Wildman–Crippen MR) is 134 cm³/mol. The summed E-state index contributed by atoms with van der Waals surface area (Å²) < 4.78 is 54.7. The van der Waals surface area contributed by atoms with Crippen LogP contribution in [0.5, 0.6) is 0 Å². The summed E-state index contributed by atoms with van der Waals surface area (Å²) in [7, 11) is 0. The Morgan fingerprint density at radius 3 is 2.67 bits per heavy atom. The average molecular weight is 563 g/mol. The molecule has 0 bridgehead atoms. The van der Waals surface area contributed by atoms with Crippen LogP contribution in [0.25, 0.3) is 11.3 Å². The lowest BCUT2D eigenvalue weighted by Gasteiger charge is -2.43. The highest BCUT2D eigenvalue weighted by Gasteiger charge is 2.48. The minimum absolute atomic E-state index is 0.0473. The summed E-state index contributed by atoms with van der Waals surface area (Å²) in [6.45, 7) is 7.05. The Labute approximate surface area is 226 Å². The summed E-state index contributed by atoms with van der Waals surface area (Å²) in [6, 6.07) is 5.56. The average Bonchev–Trinajstić information content (AvgIpc) is 3.57. The number of rotatable bonds is 6. The number of anilines is 2. The van der Waals surface area contributed by atoms with Gasteiger partial charge in [0.15, 0.2) is 23.4 Å². The van der Waals surface area contributed by atoms with Gasteiger partial charge in [-0.2, -0.15) is 13.2 Å². The fourth-order valence-electron chi connectivity index (χ4n) is 5.49. The third-order valence-electron chi connectivity index (χ3n) is 7.17. The maximum absolute atomic E-state index is 13.6. The van der Waals surface area contributed by atoms with Crippen LogP contribution in [0.15, 0.2) is 18.2 Å². The fourth-order valence-corrected chi connectivity index (χ4v) is 5.49. The van der Waals surface area contributed by atoms with Gasteiger partial charge in [0, 0.05) is 18.7 Å². The van der Waals surface area contributed by atoms with E-state index in [9.17, 15) is 13.2 Å². The van der Waals surface area contributed by atoms with E-state index in [4.69, 9.17) is 9.47 Å². The first kappa shape index (κ1) is 26.5. The smallest absolute Gasteiger partial charge is 0.377 e. The Hall–Kier alpha value is -3.73. The number of tetrazole rings is 2. The first-order chi connectivity index (χ1) is 19.1. The van der Waals surface area contributed by atoms with Crippen molar-refractivity contribution < 1.29 is 22.6 Å². The van der Waals surface area contributed by atoms with Crippen LogP contribution < -0.4 is 9.80 Å². The van der Waals surface area contributed by atoms with Crippen LogP contribution in [0, 0.1) is 5.92 Å². The van der Waals surface area contributed by atoms with Crippen molar-refractivity contribution in [1.82, 2.24) is 50.5 Å². The molecule has 3 atom stereocenters. The second-order valence-corrected chi connectivity index (χ2v) is 11.0. The number of hydrogen-bond donors (Lipinski definition) is 0. The molecule has 0 saturated carbocycles. The van der Waals surface area contributed by atoms with Gasteiger partial charge in [-0.05, 0) is 71.7 Å². The molecule has 0 amide bonds. The second-order valence-electron chi connectivity index (χ2n) is 11.0. The molecule has 3 unspecified atom stereocenters. The van der Waals surface area contributed by atoms with Gasteiger partial charge in [0.1, 0.15) is 0 Å². The van der Waals surface area contributed by atoms with E-state index in [0.29, 0.717) is 43.3 Å². The van der Waals surface area contributed by atoms with Crippen molar-refractivity contribution in [2.45, 2.75) is 57.5 Å². The van der Waals surface area contributed by atoms with Crippen LogP contribution in [-0.4, -0.2) is 107 Å². The first-order valence-electron chi connectivity index (χ1n) is 13.0. The van der Waals surface area contributed by atoms with Gasteiger partial charge in [-0.1, -0.05) is 6.92 Å². The van der Waals surface area contributed by atoms with Crippen molar-refractivity contribution in [1.29, 1.82) is 0 Å². The third-order valence-corrected chi connectivity index (χ3v) is 7.17. The van der Waals surface area contributed by atoms with E-state index in [2.05, 4.69) is 53.1 Å². The largest absolute Gasteiger partial charge is 0.416 e. The molecule has 14 nitrogen and oxygen atoms in total. The van der Waals surface area contributed by atoms with Crippen molar-refractivity contribution >= 4 is 22.9 Å². The molecule has 0 aliphatic carbocycles. The molecule has 2 saturated heterocycles. The molecule has 6 heterocycles. The van der Waals surface area contributed by atoms with Gasteiger partial charge in [-0.3, -0.25) is 0 Å². The summed E-state index contributed by atoms with van der Waals surface area (Å²) in [6.07, 6.45) is -5.08. The third kappa shape index (κ3) is 5.34. The minimum Gasteiger partial charge on any atom is -0.377 e. The number of alkyl halides is 3. The van der Waals surface area contributed by atoms with Crippen molar-refractivity contribution in [3.63, 3.8) is 0 Å². The van der Waals surface area contributed by atoms with E-state index in [1.165, 1.54) is 9.26 Å². The summed E-state index contributed by atoms with van der Waals surface area (Å²) in [5, 5.41) is 32.3. The molecule has 2 fully saturated rings. The van der Waals surface area contributed by atoms with E-state index < -0.39 is 17.9 Å². The lowest BCUT2D eigenvalue weighted by atomic mass is 9.93. The molecule has 0 N–H and O–H groups in total. The SMILES string of the molecule is CC(Cc1cc(N2CC(C(F)(F)F)OC(C)(C)C2)nn2nnnc12)CC1COCCN1c1ccc2nnnn2n1. The maximum atomic E-state index is 13.6. The number of nitrogens with zero attached hydrogens (tertiary/aromatic N) is 12. The summed E-state index contributed by atoms with van der Waals surface area (Å²) in [4.78, 5) is 3.79. The quantitative estimate of drug-likeness (QED) is 0.336. The number of hydrogen-bond acceptors (Lipinski definition) is 12. The molecule has 2 aliphatic heterocycles. The minimum atomic E-state index is -4.50. The molecular weight excluding hydrogens is 533 g/mol. The summed E-state index contributed by atoms with van der Waals surface area (Å²) in [5.41, 5.74) is 0.809. The number of morpholine rings is 2. The van der Waals surface area contributed by atoms with Crippen LogP contribution in [0.2, 0.25) is 0 Å². The maximum Gasteiger partial charge on any atom is 0.416 e. The normalized spacial score (nSPS) is 22.8. The van der Waals surface area contributed by atoms with Crippen LogP contribution in [0.4, 0.5) is 24.8 Å². The fraction of sp³-hybridized carbons (Fsp3) is 0.652. The van der Waals surface area contributed by atoms with Gasteiger partial charge < -0.3 is 19.3 Å². The molecule has 40 heavy (non-hydrogen) atoms. The van der Waals surface area contributed by atoms with Crippen LogP contribution >= 0.6 is 0 Å². The highest BCUT2D eigenvalue weighted by atomic mass is 19.4. The molecule has 2 aliphatic rings. The Balaban J connectivity index is 1.23. The van der Waals surface area contributed by atoms with Gasteiger partial charge in [0.05, 0.1) is 31.4 Å². The van der Waals surface area contributed by atoms with Gasteiger partial charge in [-0.15, -0.1) is 29.7 Å².